The van der Waals surface area contributed by atoms with Gasteiger partial charge >= 0.3 is 0 Å². The normalized spacial score (nSPS) is 21.2. The van der Waals surface area contributed by atoms with Crippen LogP contribution in [-0.4, -0.2) is 39.0 Å². The molecule has 0 aromatic heterocycles. The van der Waals surface area contributed by atoms with E-state index >= 15 is 0 Å². The van der Waals surface area contributed by atoms with E-state index < -0.39 is 6.10 Å². The lowest BCUT2D eigenvalue weighted by atomic mass is 10.2. The minimum absolute atomic E-state index is 0.0329. The molecule has 1 heterocycles. The Bertz CT molecular complexity index is 202. The summed E-state index contributed by atoms with van der Waals surface area (Å²) in [5, 5.41) is 9.38. The lowest BCUT2D eigenvalue weighted by molar-refractivity contribution is -0.130. The van der Waals surface area contributed by atoms with Gasteiger partial charge in [-0.2, -0.15) is 0 Å². The van der Waals surface area contributed by atoms with Crippen LogP contribution in [0.3, 0.4) is 0 Å². The zero-order valence-electron chi connectivity index (χ0n) is 7.45. The molecule has 0 saturated carbocycles. The molecule has 1 aliphatic rings. The molecule has 13 heavy (non-hydrogen) atoms. The number of carbonyl (C=O) groups is 1. The number of halogens is 1. The largest absolute Gasteiger partial charge is 0.387 e. The van der Waals surface area contributed by atoms with Gasteiger partial charge in [0.1, 0.15) is 3.92 Å². The van der Waals surface area contributed by atoms with Crippen molar-refractivity contribution in [1.82, 2.24) is 4.90 Å². The highest BCUT2D eigenvalue weighted by Gasteiger charge is 2.27. The van der Waals surface area contributed by atoms with Gasteiger partial charge in [-0.1, -0.05) is 28.7 Å². The molecule has 1 saturated heterocycles. The predicted octanol–water partition coefficient (Wildman–Crippen LogP) is 0.959. The Hall–Kier alpha value is -0.100. The minimum Gasteiger partial charge on any atom is -0.387 e. The Kier molecular flexibility index (Phi) is 4.18. The molecule has 1 rings (SSSR count). The van der Waals surface area contributed by atoms with Crippen LogP contribution in [0.4, 0.5) is 0 Å². The molecule has 0 aromatic rings. The molecule has 1 fully saturated rings. The monoisotopic (exact) mass is 295 g/mol. The number of carbonyl (C=O) groups excluding carboxylic acids is 1. The van der Waals surface area contributed by atoms with E-state index in [4.69, 9.17) is 0 Å². The van der Waals surface area contributed by atoms with E-state index in [-0.39, 0.29) is 9.83 Å². The third-order valence-electron chi connectivity index (χ3n) is 2.19. The predicted molar refractivity (Wildman–Crippen MR) is 59.8 cm³/mol. The number of aliphatic hydroxyl groups excluding tert-OH is 1. The molecular weight excluding hydrogens is 281 g/mol. The number of rotatable bonds is 3. The second-order valence-electron chi connectivity index (χ2n) is 3.16. The van der Waals surface area contributed by atoms with Gasteiger partial charge in [-0.3, -0.25) is 4.79 Å². The average molecular weight is 295 g/mol. The van der Waals surface area contributed by atoms with Gasteiger partial charge in [0.15, 0.2) is 0 Å². The van der Waals surface area contributed by atoms with Gasteiger partial charge in [0.05, 0.1) is 6.10 Å². The highest BCUT2D eigenvalue weighted by molar-refractivity contribution is 14.1. The molecule has 1 amide bonds. The van der Waals surface area contributed by atoms with Crippen molar-refractivity contribution in [3.05, 3.63) is 12.7 Å². The number of amides is 1. The highest BCUT2D eigenvalue weighted by Crippen LogP contribution is 2.16. The van der Waals surface area contributed by atoms with Crippen molar-refractivity contribution in [3.8, 4) is 0 Å². The Morgan fingerprint density at radius 3 is 2.54 bits per heavy atom. The smallest absolute Gasteiger partial charge is 0.238 e. The summed E-state index contributed by atoms with van der Waals surface area (Å²) in [4.78, 5) is 13.5. The van der Waals surface area contributed by atoms with Crippen molar-refractivity contribution in [2.45, 2.75) is 22.9 Å². The zero-order chi connectivity index (χ0) is 9.84. The van der Waals surface area contributed by atoms with Gasteiger partial charge in [-0.15, -0.1) is 6.58 Å². The summed E-state index contributed by atoms with van der Waals surface area (Å²) >= 11 is 1.97. The van der Waals surface area contributed by atoms with E-state index in [1.807, 2.05) is 27.5 Å². The number of nitrogens with zero attached hydrogens (tertiary/aromatic N) is 1. The lowest BCUT2D eigenvalue weighted by Crippen LogP contribution is -2.39. The van der Waals surface area contributed by atoms with Crippen LogP contribution in [0.25, 0.3) is 0 Å². The van der Waals surface area contributed by atoms with Crippen molar-refractivity contribution in [1.29, 1.82) is 0 Å². The quantitative estimate of drug-likeness (QED) is 0.478. The maximum atomic E-state index is 11.7. The first-order valence-corrected chi connectivity index (χ1v) is 5.65. The summed E-state index contributed by atoms with van der Waals surface area (Å²) in [6.07, 6.45) is 2.85. The van der Waals surface area contributed by atoms with E-state index in [9.17, 15) is 9.90 Å². The first-order chi connectivity index (χ1) is 6.16. The topological polar surface area (TPSA) is 40.5 Å². The fourth-order valence-corrected chi connectivity index (χ4v) is 2.06. The van der Waals surface area contributed by atoms with E-state index in [2.05, 4.69) is 6.58 Å². The molecule has 4 heteroatoms. The van der Waals surface area contributed by atoms with Gasteiger partial charge in [0.25, 0.3) is 0 Å². The fourth-order valence-electron chi connectivity index (χ4n) is 1.38. The maximum absolute atomic E-state index is 11.7. The first-order valence-electron chi connectivity index (χ1n) is 4.40. The second kappa shape index (κ2) is 4.95. The molecule has 74 valence electrons. The Labute approximate surface area is 91.9 Å². The number of aliphatic hydroxyl groups is 1. The summed E-state index contributed by atoms with van der Waals surface area (Å²) in [6, 6.07) is 0. The maximum Gasteiger partial charge on any atom is 0.238 e. The van der Waals surface area contributed by atoms with Crippen LogP contribution in [0, 0.1) is 0 Å². The SMILES string of the molecule is C=CC(O)C(I)C(=O)N1CCCC1. The van der Waals surface area contributed by atoms with E-state index in [1.54, 1.807) is 0 Å². The van der Waals surface area contributed by atoms with Gasteiger partial charge < -0.3 is 10.0 Å². The molecule has 0 aromatic carbocycles. The van der Waals surface area contributed by atoms with Crippen LogP contribution in [-0.2, 0) is 4.79 Å². The average Bonchev–Trinajstić information content (AvgIpc) is 2.67. The summed E-state index contributed by atoms with van der Waals surface area (Å²) in [5.74, 6) is 0.0329. The van der Waals surface area contributed by atoms with Crippen molar-refractivity contribution >= 4 is 28.5 Å². The van der Waals surface area contributed by atoms with Crippen LogP contribution in [0.1, 0.15) is 12.8 Å². The third-order valence-corrected chi connectivity index (χ3v) is 3.46. The van der Waals surface area contributed by atoms with Gasteiger partial charge in [0.2, 0.25) is 5.91 Å². The molecule has 2 unspecified atom stereocenters. The number of alkyl halides is 1. The molecular formula is C9H14INO2. The standard InChI is InChI=1S/C9H14INO2/c1-2-7(12)8(10)9(13)11-5-3-4-6-11/h2,7-8,12H,1,3-6H2. The summed E-state index contributed by atoms with van der Waals surface area (Å²) in [6.45, 7) is 5.14. The summed E-state index contributed by atoms with van der Waals surface area (Å²) in [5.41, 5.74) is 0. The van der Waals surface area contributed by atoms with Crippen LogP contribution >= 0.6 is 22.6 Å². The molecule has 0 radical (unpaired) electrons. The van der Waals surface area contributed by atoms with Crippen molar-refractivity contribution in [3.63, 3.8) is 0 Å². The zero-order valence-corrected chi connectivity index (χ0v) is 9.61. The van der Waals surface area contributed by atoms with Crippen LogP contribution in [0.15, 0.2) is 12.7 Å². The van der Waals surface area contributed by atoms with E-state index in [0.29, 0.717) is 0 Å². The van der Waals surface area contributed by atoms with Gasteiger partial charge in [0, 0.05) is 13.1 Å². The minimum atomic E-state index is -0.728. The van der Waals surface area contributed by atoms with E-state index in [0.717, 1.165) is 25.9 Å². The van der Waals surface area contributed by atoms with Gasteiger partial charge in [-0.05, 0) is 12.8 Å². The van der Waals surface area contributed by atoms with Crippen LogP contribution in [0.5, 0.6) is 0 Å². The number of likely N-dealkylation sites (tertiary alicyclic amines) is 1. The Morgan fingerprint density at radius 2 is 2.08 bits per heavy atom. The summed E-state index contributed by atoms with van der Waals surface area (Å²) < 4.78 is -0.381. The van der Waals surface area contributed by atoms with Crippen molar-refractivity contribution in [2.75, 3.05) is 13.1 Å². The van der Waals surface area contributed by atoms with Crippen LogP contribution < -0.4 is 0 Å². The summed E-state index contributed by atoms with van der Waals surface area (Å²) in [7, 11) is 0. The molecule has 3 nitrogen and oxygen atoms in total. The Morgan fingerprint density at radius 1 is 1.54 bits per heavy atom. The molecule has 2 atom stereocenters. The lowest BCUT2D eigenvalue weighted by Gasteiger charge is -2.20. The van der Waals surface area contributed by atoms with Crippen LogP contribution in [0.2, 0.25) is 0 Å². The van der Waals surface area contributed by atoms with Gasteiger partial charge in [-0.25, -0.2) is 0 Å². The molecule has 0 spiro atoms. The molecule has 1 aliphatic heterocycles. The third kappa shape index (κ3) is 2.67. The Balaban J connectivity index is 2.50. The molecule has 0 bridgehead atoms. The van der Waals surface area contributed by atoms with Crippen molar-refractivity contribution in [2.24, 2.45) is 0 Å². The van der Waals surface area contributed by atoms with E-state index in [1.165, 1.54) is 6.08 Å². The second-order valence-corrected chi connectivity index (χ2v) is 4.50. The first kappa shape index (κ1) is 11.0. The van der Waals surface area contributed by atoms with Crippen molar-refractivity contribution < 1.29 is 9.90 Å². The number of hydrogen-bond acceptors (Lipinski definition) is 2. The molecule has 0 aliphatic carbocycles. The highest BCUT2D eigenvalue weighted by atomic mass is 127. The fraction of sp³-hybridized carbons (Fsp3) is 0.667. The number of hydrogen-bond donors (Lipinski definition) is 1. The molecule has 1 N–H and O–H groups in total.